The molecule has 3 heteroatoms. The molecule has 1 aliphatic rings. The molecule has 16 heavy (non-hydrogen) atoms. The molecule has 2 rings (SSSR count). The van der Waals surface area contributed by atoms with Crippen LogP contribution in [-0.2, 0) is 13.1 Å². The van der Waals surface area contributed by atoms with Gasteiger partial charge in [0.05, 0.1) is 6.54 Å². The van der Waals surface area contributed by atoms with Gasteiger partial charge in [-0.1, -0.05) is 6.92 Å². The number of rotatable bonds is 3. The van der Waals surface area contributed by atoms with E-state index >= 15 is 0 Å². The fraction of sp³-hybridized carbons (Fsp3) is 0.692. The van der Waals surface area contributed by atoms with E-state index in [4.69, 9.17) is 10.2 Å². The summed E-state index contributed by atoms with van der Waals surface area (Å²) in [7, 11) is 0. The maximum Gasteiger partial charge on any atom is 0.118 e. The van der Waals surface area contributed by atoms with Crippen molar-refractivity contribution in [3.8, 4) is 0 Å². The molecule has 0 aliphatic carbocycles. The van der Waals surface area contributed by atoms with Crippen LogP contribution in [0.1, 0.15) is 37.4 Å². The lowest BCUT2D eigenvalue weighted by Crippen LogP contribution is -2.26. The SMILES string of the molecule is Cc1oc(CN2CC(C)CC2C)cc1CN. The molecule has 90 valence electrons. The molecule has 0 amide bonds. The summed E-state index contributed by atoms with van der Waals surface area (Å²) in [4.78, 5) is 2.49. The summed E-state index contributed by atoms with van der Waals surface area (Å²) in [6.07, 6.45) is 1.30. The highest BCUT2D eigenvalue weighted by molar-refractivity contribution is 5.20. The summed E-state index contributed by atoms with van der Waals surface area (Å²) in [6.45, 7) is 9.27. The van der Waals surface area contributed by atoms with Crippen LogP contribution in [0, 0.1) is 12.8 Å². The van der Waals surface area contributed by atoms with Gasteiger partial charge >= 0.3 is 0 Å². The average Bonchev–Trinajstić information content (AvgIpc) is 2.71. The van der Waals surface area contributed by atoms with E-state index in [1.54, 1.807) is 0 Å². The summed E-state index contributed by atoms with van der Waals surface area (Å²) in [5.74, 6) is 2.83. The topological polar surface area (TPSA) is 42.4 Å². The zero-order valence-corrected chi connectivity index (χ0v) is 10.5. The van der Waals surface area contributed by atoms with Crippen LogP contribution in [0.2, 0.25) is 0 Å². The molecule has 1 aromatic rings. The Morgan fingerprint density at radius 3 is 2.75 bits per heavy atom. The summed E-state index contributed by atoms with van der Waals surface area (Å²) in [5, 5.41) is 0. The van der Waals surface area contributed by atoms with Crippen LogP contribution in [0.25, 0.3) is 0 Å². The highest BCUT2D eigenvalue weighted by atomic mass is 16.3. The van der Waals surface area contributed by atoms with Crippen LogP contribution in [0.4, 0.5) is 0 Å². The molecule has 2 heterocycles. The molecule has 2 unspecified atom stereocenters. The highest BCUT2D eigenvalue weighted by Gasteiger charge is 2.26. The lowest BCUT2D eigenvalue weighted by Gasteiger charge is -2.19. The Morgan fingerprint density at radius 2 is 2.25 bits per heavy atom. The average molecular weight is 222 g/mol. The van der Waals surface area contributed by atoms with Crippen molar-refractivity contribution < 1.29 is 4.42 Å². The Kier molecular flexibility index (Phi) is 3.36. The van der Waals surface area contributed by atoms with Gasteiger partial charge in [-0.15, -0.1) is 0 Å². The molecule has 3 nitrogen and oxygen atoms in total. The molecule has 0 radical (unpaired) electrons. The Balaban J connectivity index is 2.03. The standard InChI is InChI=1S/C13H22N2O/c1-9-4-10(2)15(7-9)8-13-5-12(6-14)11(3)16-13/h5,9-10H,4,6-8,14H2,1-3H3. The van der Waals surface area contributed by atoms with Gasteiger partial charge in [0.15, 0.2) is 0 Å². The first-order valence-corrected chi connectivity index (χ1v) is 6.12. The largest absolute Gasteiger partial charge is 0.465 e. The van der Waals surface area contributed by atoms with Crippen molar-refractivity contribution in [2.75, 3.05) is 6.54 Å². The maximum absolute atomic E-state index is 5.73. The van der Waals surface area contributed by atoms with E-state index in [0.29, 0.717) is 12.6 Å². The number of aryl methyl sites for hydroxylation is 1. The van der Waals surface area contributed by atoms with E-state index in [1.807, 2.05) is 6.92 Å². The molecule has 1 fully saturated rings. The Hall–Kier alpha value is -0.800. The van der Waals surface area contributed by atoms with E-state index < -0.39 is 0 Å². The van der Waals surface area contributed by atoms with Crippen LogP contribution in [0.5, 0.6) is 0 Å². The number of nitrogens with zero attached hydrogens (tertiary/aromatic N) is 1. The maximum atomic E-state index is 5.73. The molecule has 1 saturated heterocycles. The van der Waals surface area contributed by atoms with Gasteiger partial charge in [-0.05, 0) is 32.3 Å². The summed E-state index contributed by atoms with van der Waals surface area (Å²) in [5.41, 5.74) is 6.78. The van der Waals surface area contributed by atoms with Crippen molar-refractivity contribution in [3.05, 3.63) is 23.2 Å². The van der Waals surface area contributed by atoms with Gasteiger partial charge in [-0.25, -0.2) is 0 Å². The Morgan fingerprint density at radius 1 is 1.50 bits per heavy atom. The molecular formula is C13H22N2O. The van der Waals surface area contributed by atoms with E-state index in [1.165, 1.54) is 13.0 Å². The monoisotopic (exact) mass is 222 g/mol. The van der Waals surface area contributed by atoms with Gasteiger partial charge < -0.3 is 10.2 Å². The van der Waals surface area contributed by atoms with E-state index in [0.717, 1.165) is 29.5 Å². The van der Waals surface area contributed by atoms with E-state index in [2.05, 4.69) is 24.8 Å². The molecule has 0 spiro atoms. The van der Waals surface area contributed by atoms with Crippen LogP contribution in [0.15, 0.2) is 10.5 Å². The fourth-order valence-electron chi connectivity index (χ4n) is 2.67. The Bertz CT molecular complexity index is 359. The van der Waals surface area contributed by atoms with Crippen molar-refractivity contribution in [3.63, 3.8) is 0 Å². The lowest BCUT2D eigenvalue weighted by molar-refractivity contribution is 0.234. The minimum atomic E-state index is 0.571. The van der Waals surface area contributed by atoms with Crippen LogP contribution in [0.3, 0.4) is 0 Å². The number of hydrogen-bond donors (Lipinski definition) is 1. The third-order valence-corrected chi connectivity index (χ3v) is 3.56. The lowest BCUT2D eigenvalue weighted by atomic mass is 10.1. The van der Waals surface area contributed by atoms with Crippen molar-refractivity contribution >= 4 is 0 Å². The van der Waals surface area contributed by atoms with E-state index in [9.17, 15) is 0 Å². The molecule has 2 atom stereocenters. The molecule has 1 aromatic heterocycles. The second-order valence-corrected chi connectivity index (χ2v) is 5.12. The van der Waals surface area contributed by atoms with Crippen molar-refractivity contribution in [2.24, 2.45) is 11.7 Å². The predicted molar refractivity (Wildman–Crippen MR) is 65.0 cm³/mol. The van der Waals surface area contributed by atoms with Gasteiger partial charge in [-0.2, -0.15) is 0 Å². The van der Waals surface area contributed by atoms with Crippen molar-refractivity contribution in [1.29, 1.82) is 0 Å². The summed E-state index contributed by atoms with van der Waals surface area (Å²) >= 11 is 0. The normalized spacial score (nSPS) is 26.5. The zero-order chi connectivity index (χ0) is 11.7. The molecule has 2 N–H and O–H groups in total. The zero-order valence-electron chi connectivity index (χ0n) is 10.5. The number of furan rings is 1. The number of nitrogens with two attached hydrogens (primary N) is 1. The van der Waals surface area contributed by atoms with Crippen molar-refractivity contribution in [2.45, 2.75) is 46.3 Å². The number of hydrogen-bond acceptors (Lipinski definition) is 3. The van der Waals surface area contributed by atoms with Gasteiger partial charge in [0.1, 0.15) is 11.5 Å². The quantitative estimate of drug-likeness (QED) is 0.853. The summed E-state index contributed by atoms with van der Waals surface area (Å²) in [6, 6.07) is 2.77. The highest BCUT2D eigenvalue weighted by Crippen LogP contribution is 2.25. The fourth-order valence-corrected chi connectivity index (χ4v) is 2.67. The third-order valence-electron chi connectivity index (χ3n) is 3.56. The molecule has 0 aromatic carbocycles. The second-order valence-electron chi connectivity index (χ2n) is 5.12. The molecule has 1 aliphatic heterocycles. The smallest absolute Gasteiger partial charge is 0.118 e. The minimum Gasteiger partial charge on any atom is -0.465 e. The summed E-state index contributed by atoms with van der Waals surface area (Å²) < 4.78 is 5.73. The number of likely N-dealkylation sites (tertiary alicyclic amines) is 1. The van der Waals surface area contributed by atoms with Crippen LogP contribution >= 0.6 is 0 Å². The van der Waals surface area contributed by atoms with Crippen LogP contribution in [-0.4, -0.2) is 17.5 Å². The van der Waals surface area contributed by atoms with Crippen molar-refractivity contribution in [1.82, 2.24) is 4.90 Å². The first kappa shape index (κ1) is 11.7. The molecular weight excluding hydrogens is 200 g/mol. The first-order valence-electron chi connectivity index (χ1n) is 6.12. The predicted octanol–water partition coefficient (Wildman–Crippen LogP) is 2.28. The second kappa shape index (κ2) is 4.60. The first-order chi connectivity index (χ1) is 7.60. The van der Waals surface area contributed by atoms with Gasteiger partial charge in [0.25, 0.3) is 0 Å². The van der Waals surface area contributed by atoms with E-state index in [-0.39, 0.29) is 0 Å². The third kappa shape index (κ3) is 2.30. The molecule has 0 bridgehead atoms. The van der Waals surface area contributed by atoms with Gasteiger partial charge in [0, 0.05) is 24.7 Å². The Labute approximate surface area is 97.6 Å². The van der Waals surface area contributed by atoms with Gasteiger partial charge in [0.2, 0.25) is 0 Å². The minimum absolute atomic E-state index is 0.571. The van der Waals surface area contributed by atoms with Crippen LogP contribution < -0.4 is 5.73 Å². The van der Waals surface area contributed by atoms with Gasteiger partial charge in [-0.3, -0.25) is 4.90 Å². The molecule has 0 saturated carbocycles.